The second-order valence-corrected chi connectivity index (χ2v) is 10.4. The zero-order valence-electron chi connectivity index (χ0n) is 18.8. The molecule has 0 aromatic heterocycles. The summed E-state index contributed by atoms with van der Waals surface area (Å²) < 4.78 is 0. The lowest BCUT2D eigenvalue weighted by Gasteiger charge is -2.46. The van der Waals surface area contributed by atoms with E-state index < -0.39 is 0 Å². The van der Waals surface area contributed by atoms with Crippen molar-refractivity contribution in [3.05, 3.63) is 70.8 Å². The van der Waals surface area contributed by atoms with E-state index in [-0.39, 0.29) is 0 Å². The Bertz CT molecular complexity index is 816. The van der Waals surface area contributed by atoms with Crippen molar-refractivity contribution in [1.82, 2.24) is 10.6 Å². The number of piperidine rings is 2. The first kappa shape index (κ1) is 20.3. The number of hydrogen-bond donors (Lipinski definition) is 2. The molecule has 0 unspecified atom stereocenters. The lowest BCUT2D eigenvalue weighted by Crippen LogP contribution is -2.53. The van der Waals surface area contributed by atoms with Crippen LogP contribution in [0.15, 0.2) is 48.5 Å². The summed E-state index contributed by atoms with van der Waals surface area (Å²) in [5.74, 6) is 0. The summed E-state index contributed by atoms with van der Waals surface area (Å²) in [6.07, 6.45) is 10.5. The van der Waals surface area contributed by atoms with Gasteiger partial charge in [0.25, 0.3) is 0 Å². The maximum atomic E-state index is 3.70. The highest BCUT2D eigenvalue weighted by atomic mass is 15.0. The molecule has 160 valence electrons. The van der Waals surface area contributed by atoms with Crippen LogP contribution in [0.4, 0.5) is 0 Å². The average molecular weight is 403 g/mol. The van der Waals surface area contributed by atoms with Crippen molar-refractivity contribution < 1.29 is 0 Å². The van der Waals surface area contributed by atoms with Gasteiger partial charge in [-0.1, -0.05) is 62.4 Å². The van der Waals surface area contributed by atoms with E-state index >= 15 is 0 Å². The molecule has 0 amide bonds. The lowest BCUT2D eigenvalue weighted by molar-refractivity contribution is 0.220. The second kappa shape index (κ2) is 8.13. The van der Waals surface area contributed by atoms with Crippen LogP contribution in [0.2, 0.25) is 0 Å². The molecule has 2 aliphatic heterocycles. The minimum absolute atomic E-state index is 0.396. The van der Waals surface area contributed by atoms with E-state index in [4.69, 9.17) is 0 Å². The van der Waals surface area contributed by atoms with Gasteiger partial charge in [-0.3, -0.25) is 0 Å². The SMILES string of the molecule is C[C@]12CCCN[C@@H]1CCc1ccccc12.C[C@]12CCCN[C@H]1CCc1ccccc12. The van der Waals surface area contributed by atoms with Crippen LogP contribution in [0.25, 0.3) is 0 Å². The molecule has 0 spiro atoms. The van der Waals surface area contributed by atoms with E-state index in [1.54, 1.807) is 22.3 Å². The van der Waals surface area contributed by atoms with Crippen molar-refractivity contribution in [1.29, 1.82) is 0 Å². The van der Waals surface area contributed by atoms with Crippen molar-refractivity contribution in [2.24, 2.45) is 0 Å². The maximum absolute atomic E-state index is 3.70. The van der Waals surface area contributed by atoms with Gasteiger partial charge in [-0.15, -0.1) is 0 Å². The van der Waals surface area contributed by atoms with Crippen LogP contribution in [0.1, 0.15) is 74.6 Å². The van der Waals surface area contributed by atoms with Gasteiger partial charge in [0.1, 0.15) is 0 Å². The van der Waals surface area contributed by atoms with Gasteiger partial charge in [0.15, 0.2) is 0 Å². The lowest BCUT2D eigenvalue weighted by atomic mass is 9.64. The van der Waals surface area contributed by atoms with Crippen LogP contribution in [-0.2, 0) is 23.7 Å². The molecule has 2 aliphatic carbocycles. The molecule has 2 N–H and O–H groups in total. The Kier molecular flexibility index (Phi) is 5.49. The third-order valence-electron chi connectivity index (χ3n) is 8.74. The van der Waals surface area contributed by atoms with Gasteiger partial charge in [-0.05, 0) is 86.7 Å². The molecule has 6 rings (SSSR count). The van der Waals surface area contributed by atoms with Crippen LogP contribution in [0, 0.1) is 0 Å². The molecular weight excluding hydrogens is 364 g/mol. The first-order valence-electron chi connectivity index (χ1n) is 12.2. The number of rotatable bonds is 0. The van der Waals surface area contributed by atoms with Gasteiger partial charge >= 0.3 is 0 Å². The first-order chi connectivity index (χ1) is 14.6. The molecule has 2 heterocycles. The van der Waals surface area contributed by atoms with E-state index in [1.807, 2.05) is 0 Å². The van der Waals surface area contributed by atoms with Crippen molar-refractivity contribution in [2.75, 3.05) is 13.1 Å². The van der Waals surface area contributed by atoms with Crippen molar-refractivity contribution in [3.8, 4) is 0 Å². The van der Waals surface area contributed by atoms with Gasteiger partial charge in [-0.25, -0.2) is 0 Å². The molecule has 2 fully saturated rings. The van der Waals surface area contributed by atoms with Gasteiger partial charge in [0.05, 0.1) is 0 Å². The normalized spacial score (nSPS) is 34.3. The summed E-state index contributed by atoms with van der Waals surface area (Å²) >= 11 is 0. The number of aryl methyl sites for hydroxylation is 2. The second-order valence-electron chi connectivity index (χ2n) is 10.4. The number of benzene rings is 2. The zero-order valence-corrected chi connectivity index (χ0v) is 18.8. The van der Waals surface area contributed by atoms with Gasteiger partial charge < -0.3 is 10.6 Å². The van der Waals surface area contributed by atoms with Crippen molar-refractivity contribution >= 4 is 0 Å². The Balaban J connectivity index is 0.000000128. The maximum Gasteiger partial charge on any atom is 0.0165 e. The molecule has 4 aliphatic rings. The Hall–Kier alpha value is -1.64. The molecule has 0 radical (unpaired) electrons. The summed E-state index contributed by atoms with van der Waals surface area (Å²) in [6.45, 7) is 7.31. The molecule has 4 atom stereocenters. The molecule has 2 heteroatoms. The predicted octanol–water partition coefficient (Wildman–Crippen LogP) is 5.29. The van der Waals surface area contributed by atoms with Gasteiger partial charge in [0.2, 0.25) is 0 Å². The quantitative estimate of drug-likeness (QED) is 0.626. The van der Waals surface area contributed by atoms with E-state index in [9.17, 15) is 0 Å². The molecule has 30 heavy (non-hydrogen) atoms. The standard InChI is InChI=1S/2C14H19N/c2*1-14-9-4-10-15-13(14)8-7-11-5-2-3-6-12(11)14/h2*2-3,5-6,13,15H,4,7-10H2,1H3/t13-,14+;13-,14-/m01/s1. The van der Waals surface area contributed by atoms with Crippen LogP contribution in [0.3, 0.4) is 0 Å². The summed E-state index contributed by atoms with van der Waals surface area (Å²) in [4.78, 5) is 0. The van der Waals surface area contributed by atoms with Crippen molar-refractivity contribution in [3.63, 3.8) is 0 Å². The summed E-state index contributed by atoms with van der Waals surface area (Å²) in [5.41, 5.74) is 7.17. The Labute approximate surface area is 182 Å². The third-order valence-corrected chi connectivity index (χ3v) is 8.74. The first-order valence-corrected chi connectivity index (χ1v) is 12.2. The van der Waals surface area contributed by atoms with Gasteiger partial charge in [-0.2, -0.15) is 0 Å². The van der Waals surface area contributed by atoms with Gasteiger partial charge in [0, 0.05) is 22.9 Å². The molecule has 2 aromatic carbocycles. The molecule has 0 saturated carbocycles. The average Bonchev–Trinajstić information content (AvgIpc) is 2.79. The summed E-state index contributed by atoms with van der Waals surface area (Å²) in [5, 5.41) is 7.40. The number of fused-ring (bicyclic) bond motifs is 6. The van der Waals surface area contributed by atoms with Crippen LogP contribution in [-0.4, -0.2) is 25.2 Å². The largest absolute Gasteiger partial charge is 0.313 e. The topological polar surface area (TPSA) is 24.1 Å². The fourth-order valence-electron chi connectivity index (χ4n) is 6.94. The van der Waals surface area contributed by atoms with E-state index in [0.29, 0.717) is 22.9 Å². The number of nitrogens with one attached hydrogen (secondary N) is 2. The minimum atomic E-state index is 0.396. The molecule has 2 aromatic rings. The fourth-order valence-corrected chi connectivity index (χ4v) is 6.94. The highest BCUT2D eigenvalue weighted by molar-refractivity contribution is 5.40. The molecule has 2 nitrogen and oxygen atoms in total. The zero-order chi connectivity index (χ0) is 20.6. The Morgan fingerprint density at radius 2 is 1.10 bits per heavy atom. The smallest absolute Gasteiger partial charge is 0.0165 e. The summed E-state index contributed by atoms with van der Waals surface area (Å²) in [6, 6.07) is 19.5. The monoisotopic (exact) mass is 402 g/mol. The van der Waals surface area contributed by atoms with E-state index in [1.165, 1.54) is 64.5 Å². The van der Waals surface area contributed by atoms with Crippen LogP contribution >= 0.6 is 0 Å². The molecule has 0 bridgehead atoms. The van der Waals surface area contributed by atoms with Crippen LogP contribution in [0.5, 0.6) is 0 Å². The van der Waals surface area contributed by atoms with E-state index in [0.717, 1.165) is 0 Å². The number of hydrogen-bond acceptors (Lipinski definition) is 2. The van der Waals surface area contributed by atoms with Crippen molar-refractivity contribution in [2.45, 2.75) is 88.1 Å². The fraction of sp³-hybridized carbons (Fsp3) is 0.571. The molecular formula is C28H38N2. The molecule has 2 saturated heterocycles. The summed E-state index contributed by atoms with van der Waals surface area (Å²) in [7, 11) is 0. The Morgan fingerprint density at radius 1 is 0.667 bits per heavy atom. The van der Waals surface area contributed by atoms with Crippen LogP contribution < -0.4 is 10.6 Å². The van der Waals surface area contributed by atoms with E-state index in [2.05, 4.69) is 73.0 Å². The minimum Gasteiger partial charge on any atom is -0.313 e. The highest BCUT2D eigenvalue weighted by Crippen LogP contribution is 2.43. The highest BCUT2D eigenvalue weighted by Gasteiger charge is 2.42. The predicted molar refractivity (Wildman–Crippen MR) is 126 cm³/mol. The third kappa shape index (κ3) is 3.42. The Morgan fingerprint density at radius 3 is 1.57 bits per heavy atom.